The first-order valence-corrected chi connectivity index (χ1v) is 7.32. The highest BCUT2D eigenvalue weighted by Gasteiger charge is 2.24. The molecule has 3 rings (SSSR count). The van der Waals surface area contributed by atoms with Gasteiger partial charge in [0, 0.05) is 6.04 Å². The van der Waals surface area contributed by atoms with Gasteiger partial charge in [-0.25, -0.2) is 0 Å². The molecule has 0 amide bonds. The first-order valence-electron chi connectivity index (χ1n) is 6.52. The van der Waals surface area contributed by atoms with Crippen molar-refractivity contribution in [3.8, 4) is 5.75 Å². The Kier molecular flexibility index (Phi) is 3.39. The van der Waals surface area contributed by atoms with Gasteiger partial charge in [0.15, 0.2) is 0 Å². The summed E-state index contributed by atoms with van der Waals surface area (Å²) in [5.74, 6) is 0.993. The zero-order chi connectivity index (χ0) is 11.7. The Hall–Kier alpha value is -0.540. The third-order valence-electron chi connectivity index (χ3n) is 3.49. The van der Waals surface area contributed by atoms with Crippen LogP contribution in [0.1, 0.15) is 43.7 Å². The number of nitrogens with one attached hydrogen (secondary N) is 1. The standard InChI is InChI=1S/C14H18BrNO/c15-12-9-10(13-3-1-2-8-16-13)4-7-14(12)17-11-5-6-11/h4,7,9,11,13,16H,1-3,5-6,8H2. The van der Waals surface area contributed by atoms with Crippen LogP contribution in [0.2, 0.25) is 0 Å². The van der Waals surface area contributed by atoms with Crippen molar-refractivity contribution in [1.29, 1.82) is 0 Å². The fourth-order valence-electron chi connectivity index (χ4n) is 2.33. The molecule has 0 aromatic heterocycles. The van der Waals surface area contributed by atoms with E-state index in [2.05, 4.69) is 39.4 Å². The zero-order valence-electron chi connectivity index (χ0n) is 9.92. The van der Waals surface area contributed by atoms with E-state index < -0.39 is 0 Å². The Morgan fingerprint density at radius 1 is 1.18 bits per heavy atom. The molecule has 0 bridgehead atoms. The fraction of sp³-hybridized carbons (Fsp3) is 0.571. The van der Waals surface area contributed by atoms with Crippen molar-refractivity contribution in [3.05, 3.63) is 28.2 Å². The number of halogens is 1. The quantitative estimate of drug-likeness (QED) is 0.916. The summed E-state index contributed by atoms with van der Waals surface area (Å²) in [6.45, 7) is 1.14. The Balaban J connectivity index is 1.74. The smallest absolute Gasteiger partial charge is 0.133 e. The molecule has 1 unspecified atom stereocenters. The summed E-state index contributed by atoms with van der Waals surface area (Å²) >= 11 is 3.62. The SMILES string of the molecule is Brc1cc(C2CCCCN2)ccc1OC1CC1. The number of ether oxygens (including phenoxy) is 1. The maximum absolute atomic E-state index is 5.83. The number of piperidine rings is 1. The molecule has 1 N–H and O–H groups in total. The molecule has 17 heavy (non-hydrogen) atoms. The highest BCUT2D eigenvalue weighted by atomic mass is 79.9. The Morgan fingerprint density at radius 3 is 2.71 bits per heavy atom. The van der Waals surface area contributed by atoms with Crippen molar-refractivity contribution >= 4 is 15.9 Å². The van der Waals surface area contributed by atoms with Crippen LogP contribution in [0.3, 0.4) is 0 Å². The van der Waals surface area contributed by atoms with Crippen LogP contribution in [-0.4, -0.2) is 12.6 Å². The van der Waals surface area contributed by atoms with Crippen LogP contribution in [0.5, 0.6) is 5.75 Å². The van der Waals surface area contributed by atoms with Gasteiger partial charge in [0.2, 0.25) is 0 Å². The van der Waals surface area contributed by atoms with Crippen molar-refractivity contribution < 1.29 is 4.74 Å². The fourth-order valence-corrected chi connectivity index (χ4v) is 2.82. The molecule has 0 spiro atoms. The molecule has 1 heterocycles. The van der Waals surface area contributed by atoms with Gasteiger partial charge in [0.25, 0.3) is 0 Å². The van der Waals surface area contributed by atoms with Gasteiger partial charge in [0.1, 0.15) is 5.75 Å². The lowest BCUT2D eigenvalue weighted by Gasteiger charge is -2.24. The largest absolute Gasteiger partial charge is 0.489 e. The minimum absolute atomic E-state index is 0.463. The van der Waals surface area contributed by atoms with E-state index in [4.69, 9.17) is 4.74 Å². The summed E-state index contributed by atoms with van der Waals surface area (Å²) in [5.41, 5.74) is 1.37. The van der Waals surface area contributed by atoms with Crippen molar-refractivity contribution in [2.45, 2.75) is 44.2 Å². The zero-order valence-corrected chi connectivity index (χ0v) is 11.5. The number of hydrogen-bond donors (Lipinski definition) is 1. The van der Waals surface area contributed by atoms with Crippen molar-refractivity contribution in [3.63, 3.8) is 0 Å². The summed E-state index contributed by atoms with van der Waals surface area (Å²) in [5, 5.41) is 3.57. The van der Waals surface area contributed by atoms with Crippen LogP contribution < -0.4 is 10.1 Å². The van der Waals surface area contributed by atoms with Crippen molar-refractivity contribution in [2.24, 2.45) is 0 Å². The van der Waals surface area contributed by atoms with Gasteiger partial charge in [-0.1, -0.05) is 12.5 Å². The van der Waals surface area contributed by atoms with E-state index in [1.807, 2.05) is 0 Å². The molecule has 1 aliphatic heterocycles. The molecule has 1 atom stereocenters. The monoisotopic (exact) mass is 295 g/mol. The van der Waals surface area contributed by atoms with Gasteiger partial charge in [-0.05, 0) is 65.9 Å². The van der Waals surface area contributed by atoms with Gasteiger partial charge in [-0.3, -0.25) is 0 Å². The number of hydrogen-bond acceptors (Lipinski definition) is 2. The first-order chi connectivity index (χ1) is 8.33. The van der Waals surface area contributed by atoms with Crippen LogP contribution in [0, 0.1) is 0 Å². The van der Waals surface area contributed by atoms with E-state index in [1.54, 1.807) is 0 Å². The van der Waals surface area contributed by atoms with Gasteiger partial charge in [-0.15, -0.1) is 0 Å². The normalized spacial score (nSPS) is 24.6. The summed E-state index contributed by atoms with van der Waals surface area (Å²) in [7, 11) is 0. The highest BCUT2D eigenvalue weighted by molar-refractivity contribution is 9.10. The van der Waals surface area contributed by atoms with Crippen LogP contribution in [0.15, 0.2) is 22.7 Å². The molecule has 2 fully saturated rings. The van der Waals surface area contributed by atoms with E-state index in [1.165, 1.54) is 37.7 Å². The lowest BCUT2D eigenvalue weighted by molar-refractivity contribution is 0.301. The summed E-state index contributed by atoms with van der Waals surface area (Å²) in [6, 6.07) is 7.04. The summed E-state index contributed by atoms with van der Waals surface area (Å²) in [6.07, 6.45) is 6.76. The summed E-state index contributed by atoms with van der Waals surface area (Å²) < 4.78 is 6.92. The average Bonchev–Trinajstić information content (AvgIpc) is 3.17. The van der Waals surface area contributed by atoms with Gasteiger partial charge >= 0.3 is 0 Å². The average molecular weight is 296 g/mol. The van der Waals surface area contributed by atoms with Gasteiger partial charge < -0.3 is 10.1 Å². The highest BCUT2D eigenvalue weighted by Crippen LogP contribution is 2.34. The van der Waals surface area contributed by atoms with Crippen LogP contribution in [0.25, 0.3) is 0 Å². The van der Waals surface area contributed by atoms with E-state index in [0.717, 1.165) is 16.8 Å². The maximum Gasteiger partial charge on any atom is 0.133 e. The third kappa shape index (κ3) is 2.83. The molecule has 1 aromatic rings. The van der Waals surface area contributed by atoms with Crippen molar-refractivity contribution in [1.82, 2.24) is 5.32 Å². The molecule has 2 nitrogen and oxygen atoms in total. The first kappa shape index (κ1) is 11.5. The molecule has 0 radical (unpaired) electrons. The minimum Gasteiger partial charge on any atom is -0.489 e. The molecule has 2 aliphatic rings. The minimum atomic E-state index is 0.463. The predicted octanol–water partition coefficient (Wildman–Crippen LogP) is 3.80. The summed E-state index contributed by atoms with van der Waals surface area (Å²) in [4.78, 5) is 0. The number of rotatable bonds is 3. The second-order valence-electron chi connectivity index (χ2n) is 5.01. The number of benzene rings is 1. The lowest BCUT2D eigenvalue weighted by Crippen LogP contribution is -2.26. The topological polar surface area (TPSA) is 21.3 Å². The van der Waals surface area contributed by atoms with E-state index in [9.17, 15) is 0 Å². The Labute approximate surface area is 111 Å². The van der Waals surface area contributed by atoms with E-state index >= 15 is 0 Å². The second kappa shape index (κ2) is 4.99. The molecule has 92 valence electrons. The Bertz CT molecular complexity index is 397. The van der Waals surface area contributed by atoms with E-state index in [0.29, 0.717) is 12.1 Å². The lowest BCUT2D eigenvalue weighted by atomic mass is 9.97. The second-order valence-corrected chi connectivity index (χ2v) is 5.86. The molecule has 3 heteroatoms. The maximum atomic E-state index is 5.83. The molecule has 1 saturated carbocycles. The van der Waals surface area contributed by atoms with Crippen LogP contribution >= 0.6 is 15.9 Å². The van der Waals surface area contributed by atoms with Crippen molar-refractivity contribution in [2.75, 3.05) is 6.54 Å². The molecule has 1 aliphatic carbocycles. The van der Waals surface area contributed by atoms with Crippen LogP contribution in [-0.2, 0) is 0 Å². The molecular formula is C14H18BrNO. The van der Waals surface area contributed by atoms with E-state index in [-0.39, 0.29) is 0 Å². The van der Waals surface area contributed by atoms with Gasteiger partial charge in [-0.2, -0.15) is 0 Å². The molecule has 1 saturated heterocycles. The molecule has 1 aromatic carbocycles. The van der Waals surface area contributed by atoms with Crippen LogP contribution in [0.4, 0.5) is 0 Å². The van der Waals surface area contributed by atoms with Gasteiger partial charge in [0.05, 0.1) is 10.6 Å². The molecular weight excluding hydrogens is 278 g/mol. The Morgan fingerprint density at radius 2 is 2.06 bits per heavy atom. The third-order valence-corrected chi connectivity index (χ3v) is 4.11. The predicted molar refractivity (Wildman–Crippen MR) is 72.4 cm³/mol.